The van der Waals surface area contributed by atoms with Crippen molar-refractivity contribution in [2.24, 2.45) is 0 Å². The van der Waals surface area contributed by atoms with E-state index in [1.54, 1.807) is 11.3 Å². The Labute approximate surface area is 110 Å². The lowest BCUT2D eigenvalue weighted by Crippen LogP contribution is -2.12. The van der Waals surface area contributed by atoms with Gasteiger partial charge in [-0.25, -0.2) is 0 Å². The smallest absolute Gasteiger partial charge is 0.251 e. The molecule has 0 radical (unpaired) electrons. The predicted octanol–water partition coefficient (Wildman–Crippen LogP) is 2.65. The SMILES string of the molecule is O=C1NCc2ccc(NCCc3cccs3)cc21. The van der Waals surface area contributed by atoms with Crippen molar-refractivity contribution in [3.63, 3.8) is 0 Å². The number of carbonyl (C=O) groups is 1. The minimum atomic E-state index is 0.0342. The van der Waals surface area contributed by atoms with Crippen molar-refractivity contribution < 1.29 is 4.79 Å². The van der Waals surface area contributed by atoms with Crippen molar-refractivity contribution in [1.82, 2.24) is 5.32 Å². The first-order valence-electron chi connectivity index (χ1n) is 6.00. The van der Waals surface area contributed by atoms with Crippen LogP contribution in [0.3, 0.4) is 0 Å². The summed E-state index contributed by atoms with van der Waals surface area (Å²) in [6.45, 7) is 1.55. The van der Waals surface area contributed by atoms with Gasteiger partial charge in [0.15, 0.2) is 0 Å². The molecule has 18 heavy (non-hydrogen) atoms. The average Bonchev–Trinajstić information content (AvgIpc) is 3.01. The number of fused-ring (bicyclic) bond motifs is 1. The van der Waals surface area contributed by atoms with Crippen LogP contribution in [0, 0.1) is 0 Å². The molecule has 92 valence electrons. The fourth-order valence-corrected chi connectivity index (χ4v) is 2.82. The van der Waals surface area contributed by atoms with Gasteiger partial charge in [0.1, 0.15) is 0 Å². The normalized spacial score (nSPS) is 13.2. The van der Waals surface area contributed by atoms with E-state index in [2.05, 4.69) is 28.1 Å². The maximum absolute atomic E-state index is 11.5. The Kier molecular flexibility index (Phi) is 3.02. The van der Waals surface area contributed by atoms with E-state index in [1.807, 2.05) is 18.2 Å². The molecule has 0 unspecified atom stereocenters. The molecule has 2 N–H and O–H groups in total. The van der Waals surface area contributed by atoms with Gasteiger partial charge in [0, 0.05) is 29.2 Å². The number of carbonyl (C=O) groups excluding carboxylic acids is 1. The minimum absolute atomic E-state index is 0.0342. The summed E-state index contributed by atoms with van der Waals surface area (Å²) in [5.74, 6) is 0.0342. The molecule has 0 atom stereocenters. The number of rotatable bonds is 4. The van der Waals surface area contributed by atoms with Crippen LogP contribution in [0.5, 0.6) is 0 Å². The number of anilines is 1. The molecule has 3 rings (SSSR count). The molecule has 1 amide bonds. The van der Waals surface area contributed by atoms with Crippen LogP contribution in [0.2, 0.25) is 0 Å². The molecule has 0 saturated heterocycles. The molecule has 0 spiro atoms. The zero-order chi connectivity index (χ0) is 12.4. The molecule has 2 aromatic rings. The summed E-state index contributed by atoms with van der Waals surface area (Å²) >= 11 is 1.77. The molecule has 1 aromatic carbocycles. The van der Waals surface area contributed by atoms with E-state index in [0.717, 1.165) is 29.8 Å². The van der Waals surface area contributed by atoms with Crippen LogP contribution >= 0.6 is 11.3 Å². The molecule has 1 aliphatic heterocycles. The summed E-state index contributed by atoms with van der Waals surface area (Å²) in [5, 5.41) is 8.28. The number of amides is 1. The van der Waals surface area contributed by atoms with Crippen molar-refractivity contribution in [3.05, 3.63) is 51.7 Å². The average molecular weight is 258 g/mol. The van der Waals surface area contributed by atoms with E-state index in [1.165, 1.54) is 4.88 Å². The molecule has 0 fully saturated rings. The summed E-state index contributed by atoms with van der Waals surface area (Å²) in [7, 11) is 0. The lowest BCUT2D eigenvalue weighted by atomic mass is 10.1. The standard InChI is InChI=1S/C14H14N2OS/c17-14-13-8-11(4-3-10(13)9-16-14)15-6-5-12-2-1-7-18-12/h1-4,7-8,15H,5-6,9H2,(H,16,17). The molecule has 3 nitrogen and oxygen atoms in total. The van der Waals surface area contributed by atoms with E-state index < -0.39 is 0 Å². The van der Waals surface area contributed by atoms with E-state index in [0.29, 0.717) is 6.54 Å². The third-order valence-electron chi connectivity index (χ3n) is 3.07. The third kappa shape index (κ3) is 2.24. The maximum atomic E-state index is 11.5. The first kappa shape index (κ1) is 11.3. The highest BCUT2D eigenvalue weighted by Crippen LogP contribution is 2.20. The van der Waals surface area contributed by atoms with Gasteiger partial charge in [-0.15, -0.1) is 11.3 Å². The van der Waals surface area contributed by atoms with Gasteiger partial charge >= 0.3 is 0 Å². The Hall–Kier alpha value is -1.81. The number of nitrogens with one attached hydrogen (secondary N) is 2. The van der Waals surface area contributed by atoms with Gasteiger partial charge in [0.2, 0.25) is 0 Å². The highest BCUT2D eigenvalue weighted by molar-refractivity contribution is 7.09. The van der Waals surface area contributed by atoms with Crippen LogP contribution in [-0.4, -0.2) is 12.5 Å². The third-order valence-corrected chi connectivity index (χ3v) is 4.01. The molecule has 0 aliphatic carbocycles. The maximum Gasteiger partial charge on any atom is 0.251 e. The van der Waals surface area contributed by atoms with Gasteiger partial charge in [-0.05, 0) is 35.6 Å². The molecule has 1 aromatic heterocycles. The second-order valence-corrected chi connectivity index (χ2v) is 5.34. The van der Waals surface area contributed by atoms with Crippen LogP contribution in [0.1, 0.15) is 20.8 Å². The lowest BCUT2D eigenvalue weighted by molar-refractivity contribution is 0.0966. The molecule has 4 heteroatoms. The van der Waals surface area contributed by atoms with Crippen LogP contribution in [0.25, 0.3) is 0 Å². The Morgan fingerprint density at radius 2 is 2.28 bits per heavy atom. The minimum Gasteiger partial charge on any atom is -0.385 e. The monoisotopic (exact) mass is 258 g/mol. The summed E-state index contributed by atoms with van der Waals surface area (Å²) in [6.07, 6.45) is 1.01. The van der Waals surface area contributed by atoms with Crippen molar-refractivity contribution in [2.75, 3.05) is 11.9 Å². The molecular formula is C14H14N2OS. The topological polar surface area (TPSA) is 41.1 Å². The Morgan fingerprint density at radius 3 is 3.11 bits per heavy atom. The quantitative estimate of drug-likeness (QED) is 0.885. The van der Waals surface area contributed by atoms with Crippen LogP contribution in [0.15, 0.2) is 35.7 Å². The molecule has 1 aliphatic rings. The zero-order valence-electron chi connectivity index (χ0n) is 9.90. The van der Waals surface area contributed by atoms with Gasteiger partial charge in [0.05, 0.1) is 0 Å². The van der Waals surface area contributed by atoms with Crippen molar-refractivity contribution in [1.29, 1.82) is 0 Å². The van der Waals surface area contributed by atoms with E-state index in [4.69, 9.17) is 0 Å². The van der Waals surface area contributed by atoms with Crippen LogP contribution in [0.4, 0.5) is 5.69 Å². The van der Waals surface area contributed by atoms with E-state index in [9.17, 15) is 4.79 Å². The first-order chi connectivity index (χ1) is 8.83. The van der Waals surface area contributed by atoms with Crippen molar-refractivity contribution in [3.8, 4) is 0 Å². The number of benzene rings is 1. The lowest BCUT2D eigenvalue weighted by Gasteiger charge is -2.06. The van der Waals surface area contributed by atoms with Gasteiger partial charge < -0.3 is 10.6 Å². The summed E-state index contributed by atoms with van der Waals surface area (Å²) < 4.78 is 0. The Bertz CT molecular complexity index is 563. The fraction of sp³-hybridized carbons (Fsp3) is 0.214. The van der Waals surface area contributed by atoms with E-state index >= 15 is 0 Å². The molecular weight excluding hydrogens is 244 g/mol. The van der Waals surface area contributed by atoms with Gasteiger partial charge in [-0.3, -0.25) is 4.79 Å². The summed E-state index contributed by atoms with van der Waals surface area (Å²) in [5.41, 5.74) is 2.90. The molecule has 0 bridgehead atoms. The molecule has 0 saturated carbocycles. The second-order valence-electron chi connectivity index (χ2n) is 4.31. The van der Waals surface area contributed by atoms with Gasteiger partial charge in [0.25, 0.3) is 5.91 Å². The fourth-order valence-electron chi connectivity index (χ4n) is 2.11. The highest BCUT2D eigenvalue weighted by Gasteiger charge is 2.18. The van der Waals surface area contributed by atoms with Gasteiger partial charge in [-0.1, -0.05) is 12.1 Å². The zero-order valence-corrected chi connectivity index (χ0v) is 10.7. The summed E-state index contributed by atoms with van der Waals surface area (Å²) in [4.78, 5) is 12.9. The largest absolute Gasteiger partial charge is 0.385 e. The van der Waals surface area contributed by atoms with E-state index in [-0.39, 0.29) is 5.91 Å². The second kappa shape index (κ2) is 4.82. The number of hydrogen-bond acceptors (Lipinski definition) is 3. The molecule has 2 heterocycles. The summed E-state index contributed by atoms with van der Waals surface area (Å²) in [6, 6.07) is 10.2. The Balaban J connectivity index is 1.63. The van der Waals surface area contributed by atoms with Gasteiger partial charge in [-0.2, -0.15) is 0 Å². The Morgan fingerprint density at radius 1 is 1.33 bits per heavy atom. The number of thiophene rings is 1. The number of hydrogen-bond donors (Lipinski definition) is 2. The highest BCUT2D eigenvalue weighted by atomic mass is 32.1. The van der Waals surface area contributed by atoms with Crippen LogP contribution < -0.4 is 10.6 Å². The van der Waals surface area contributed by atoms with Crippen molar-refractivity contribution in [2.45, 2.75) is 13.0 Å². The first-order valence-corrected chi connectivity index (χ1v) is 6.88. The predicted molar refractivity (Wildman–Crippen MR) is 74.1 cm³/mol. The van der Waals surface area contributed by atoms with Crippen molar-refractivity contribution >= 4 is 22.9 Å². The van der Waals surface area contributed by atoms with Crippen LogP contribution in [-0.2, 0) is 13.0 Å².